The van der Waals surface area contributed by atoms with Crippen molar-refractivity contribution in [3.05, 3.63) is 53.2 Å². The molecule has 1 heterocycles. The fourth-order valence-corrected chi connectivity index (χ4v) is 2.21. The van der Waals surface area contributed by atoms with Gasteiger partial charge in [0.1, 0.15) is 11.6 Å². The Morgan fingerprint density at radius 3 is 2.80 bits per heavy atom. The molecule has 0 aliphatic heterocycles. The first-order valence-electron chi connectivity index (χ1n) is 7.90. The van der Waals surface area contributed by atoms with Gasteiger partial charge in [-0.15, -0.1) is 0 Å². The van der Waals surface area contributed by atoms with E-state index in [4.69, 9.17) is 21.1 Å². The van der Waals surface area contributed by atoms with Gasteiger partial charge in [0, 0.05) is 12.6 Å². The highest BCUT2D eigenvalue weighted by Crippen LogP contribution is 2.23. The van der Waals surface area contributed by atoms with Crippen molar-refractivity contribution in [3.63, 3.8) is 0 Å². The van der Waals surface area contributed by atoms with E-state index in [2.05, 4.69) is 10.3 Å². The molecule has 0 unspecified atom stereocenters. The van der Waals surface area contributed by atoms with Crippen LogP contribution in [-0.4, -0.2) is 30.1 Å². The molecule has 1 aromatic heterocycles. The van der Waals surface area contributed by atoms with Gasteiger partial charge in [-0.1, -0.05) is 23.7 Å². The third-order valence-electron chi connectivity index (χ3n) is 3.18. The topological polar surface area (TPSA) is 77.5 Å². The lowest BCUT2D eigenvalue weighted by Gasteiger charge is -2.08. The SMILES string of the molecule is CCOC(=O)c1ccnc(NC(=O)CCCOc2ccccc2Cl)c1. The summed E-state index contributed by atoms with van der Waals surface area (Å²) >= 11 is 5.99. The molecule has 0 bridgehead atoms. The predicted molar refractivity (Wildman–Crippen MR) is 95.0 cm³/mol. The Bertz CT molecular complexity index is 737. The second-order valence-corrected chi connectivity index (χ2v) is 5.49. The van der Waals surface area contributed by atoms with E-state index in [1.807, 2.05) is 12.1 Å². The summed E-state index contributed by atoms with van der Waals surface area (Å²) in [4.78, 5) is 27.6. The predicted octanol–water partition coefficient (Wildman–Crippen LogP) is 3.71. The number of nitrogens with zero attached hydrogens (tertiary/aromatic N) is 1. The van der Waals surface area contributed by atoms with Crippen molar-refractivity contribution >= 4 is 29.3 Å². The maximum Gasteiger partial charge on any atom is 0.338 e. The van der Waals surface area contributed by atoms with Crippen molar-refractivity contribution in [3.8, 4) is 5.75 Å². The van der Waals surface area contributed by atoms with Gasteiger partial charge in [0.05, 0.1) is 23.8 Å². The van der Waals surface area contributed by atoms with E-state index in [1.54, 1.807) is 19.1 Å². The lowest BCUT2D eigenvalue weighted by atomic mass is 10.2. The number of anilines is 1. The molecule has 0 saturated heterocycles. The number of rotatable bonds is 8. The minimum Gasteiger partial charge on any atom is -0.492 e. The van der Waals surface area contributed by atoms with E-state index in [0.717, 1.165) is 0 Å². The van der Waals surface area contributed by atoms with Crippen LogP contribution in [0.5, 0.6) is 5.75 Å². The van der Waals surface area contributed by atoms with Gasteiger partial charge in [-0.05, 0) is 37.6 Å². The number of benzene rings is 1. The molecule has 1 aromatic carbocycles. The number of ether oxygens (including phenoxy) is 2. The minimum absolute atomic E-state index is 0.212. The Morgan fingerprint density at radius 2 is 2.04 bits per heavy atom. The van der Waals surface area contributed by atoms with Crippen molar-refractivity contribution in [2.75, 3.05) is 18.5 Å². The van der Waals surface area contributed by atoms with E-state index in [0.29, 0.717) is 35.2 Å². The molecule has 6 nitrogen and oxygen atoms in total. The number of carbonyl (C=O) groups excluding carboxylic acids is 2. The number of amides is 1. The number of halogens is 1. The van der Waals surface area contributed by atoms with Gasteiger partial charge < -0.3 is 14.8 Å². The van der Waals surface area contributed by atoms with Crippen molar-refractivity contribution in [1.82, 2.24) is 4.98 Å². The van der Waals surface area contributed by atoms with Crippen LogP contribution < -0.4 is 10.1 Å². The first kappa shape index (κ1) is 18.7. The smallest absolute Gasteiger partial charge is 0.338 e. The Balaban J connectivity index is 1.77. The highest BCUT2D eigenvalue weighted by Gasteiger charge is 2.09. The Labute approximate surface area is 151 Å². The Hall–Kier alpha value is -2.60. The van der Waals surface area contributed by atoms with Gasteiger partial charge >= 0.3 is 5.97 Å². The standard InChI is InChI=1S/C18H19ClN2O4/c1-2-24-18(23)13-9-10-20-16(12-13)21-17(22)8-5-11-25-15-7-4-3-6-14(15)19/h3-4,6-7,9-10,12H,2,5,8,11H2,1H3,(H,20,21,22). The highest BCUT2D eigenvalue weighted by molar-refractivity contribution is 6.32. The summed E-state index contributed by atoms with van der Waals surface area (Å²) in [6.07, 6.45) is 2.23. The van der Waals surface area contributed by atoms with Gasteiger partial charge in [0.2, 0.25) is 5.91 Å². The van der Waals surface area contributed by atoms with Crippen LogP contribution in [0.25, 0.3) is 0 Å². The molecule has 0 fully saturated rings. The van der Waals surface area contributed by atoms with Crippen LogP contribution in [0.15, 0.2) is 42.6 Å². The fourth-order valence-electron chi connectivity index (χ4n) is 2.02. The lowest BCUT2D eigenvalue weighted by Crippen LogP contribution is -2.14. The van der Waals surface area contributed by atoms with Crippen LogP contribution in [-0.2, 0) is 9.53 Å². The number of carbonyl (C=O) groups is 2. The van der Waals surface area contributed by atoms with Crippen LogP contribution in [0.1, 0.15) is 30.1 Å². The third kappa shape index (κ3) is 6.08. The van der Waals surface area contributed by atoms with E-state index in [9.17, 15) is 9.59 Å². The van der Waals surface area contributed by atoms with Gasteiger partial charge in [0.25, 0.3) is 0 Å². The van der Waals surface area contributed by atoms with Crippen LogP contribution in [0.2, 0.25) is 5.02 Å². The molecule has 0 atom stereocenters. The molecule has 2 rings (SSSR count). The molecule has 1 amide bonds. The fraction of sp³-hybridized carbons (Fsp3) is 0.278. The van der Waals surface area contributed by atoms with Crippen LogP contribution in [0, 0.1) is 0 Å². The molecule has 0 spiro atoms. The molecule has 0 aliphatic rings. The van der Waals surface area contributed by atoms with Gasteiger partial charge in [-0.25, -0.2) is 9.78 Å². The number of esters is 1. The first-order chi connectivity index (χ1) is 12.1. The van der Waals surface area contributed by atoms with Crippen molar-refractivity contribution < 1.29 is 19.1 Å². The van der Waals surface area contributed by atoms with Crippen LogP contribution >= 0.6 is 11.6 Å². The van der Waals surface area contributed by atoms with Crippen LogP contribution in [0.4, 0.5) is 5.82 Å². The summed E-state index contributed by atoms with van der Waals surface area (Å²) in [6.45, 7) is 2.38. The number of nitrogens with one attached hydrogen (secondary N) is 1. The number of para-hydroxylation sites is 1. The molecular formula is C18H19ClN2O4. The maximum absolute atomic E-state index is 11.9. The zero-order valence-electron chi connectivity index (χ0n) is 13.8. The zero-order chi connectivity index (χ0) is 18.1. The maximum atomic E-state index is 11.9. The molecule has 7 heteroatoms. The number of pyridine rings is 1. The first-order valence-corrected chi connectivity index (χ1v) is 8.28. The Morgan fingerprint density at radius 1 is 1.24 bits per heavy atom. The molecule has 0 aliphatic carbocycles. The number of hydrogen-bond acceptors (Lipinski definition) is 5. The van der Waals surface area contributed by atoms with Crippen LogP contribution in [0.3, 0.4) is 0 Å². The summed E-state index contributed by atoms with van der Waals surface area (Å²) in [5.74, 6) is 0.237. The number of hydrogen-bond donors (Lipinski definition) is 1. The van der Waals surface area contributed by atoms with Crippen molar-refractivity contribution in [1.29, 1.82) is 0 Å². The van der Waals surface area contributed by atoms with E-state index in [1.165, 1.54) is 18.3 Å². The molecular weight excluding hydrogens is 344 g/mol. The Kier molecular flexibility index (Phi) is 7.22. The molecule has 1 N–H and O–H groups in total. The monoisotopic (exact) mass is 362 g/mol. The second kappa shape index (κ2) is 9.64. The third-order valence-corrected chi connectivity index (χ3v) is 3.49. The van der Waals surface area contributed by atoms with Crippen molar-refractivity contribution in [2.45, 2.75) is 19.8 Å². The zero-order valence-corrected chi connectivity index (χ0v) is 14.6. The molecule has 0 radical (unpaired) electrons. The second-order valence-electron chi connectivity index (χ2n) is 5.08. The largest absolute Gasteiger partial charge is 0.492 e. The van der Waals surface area contributed by atoms with Gasteiger partial charge in [-0.3, -0.25) is 4.79 Å². The summed E-state index contributed by atoms with van der Waals surface area (Å²) in [5, 5.41) is 3.18. The summed E-state index contributed by atoms with van der Waals surface area (Å²) < 4.78 is 10.4. The molecule has 25 heavy (non-hydrogen) atoms. The van der Waals surface area contributed by atoms with E-state index in [-0.39, 0.29) is 18.9 Å². The normalized spacial score (nSPS) is 10.2. The lowest BCUT2D eigenvalue weighted by molar-refractivity contribution is -0.116. The summed E-state index contributed by atoms with van der Waals surface area (Å²) in [7, 11) is 0. The molecule has 132 valence electrons. The molecule has 2 aromatic rings. The average Bonchev–Trinajstić information content (AvgIpc) is 2.60. The van der Waals surface area contributed by atoms with E-state index >= 15 is 0 Å². The molecule has 0 saturated carbocycles. The van der Waals surface area contributed by atoms with Crippen molar-refractivity contribution in [2.24, 2.45) is 0 Å². The van der Waals surface area contributed by atoms with Gasteiger partial charge in [0.15, 0.2) is 0 Å². The quantitative estimate of drug-likeness (QED) is 0.572. The summed E-state index contributed by atoms with van der Waals surface area (Å²) in [6, 6.07) is 10.2. The summed E-state index contributed by atoms with van der Waals surface area (Å²) in [5.41, 5.74) is 0.342. The number of aromatic nitrogens is 1. The minimum atomic E-state index is -0.450. The van der Waals surface area contributed by atoms with E-state index < -0.39 is 5.97 Å². The van der Waals surface area contributed by atoms with Gasteiger partial charge in [-0.2, -0.15) is 0 Å². The average molecular weight is 363 g/mol. The highest BCUT2D eigenvalue weighted by atomic mass is 35.5.